The Morgan fingerprint density at radius 3 is 2.62 bits per heavy atom. The Hall–Kier alpha value is -1.17. The SMILES string of the molecule is COc1nc(C)c(Br)nc1C(=O)O. The fraction of sp³-hybridized carbons (Fsp3) is 0.286. The van der Waals surface area contributed by atoms with Crippen LogP contribution in [0.15, 0.2) is 4.60 Å². The van der Waals surface area contributed by atoms with Crippen LogP contribution in [0.25, 0.3) is 0 Å². The topological polar surface area (TPSA) is 72.3 Å². The van der Waals surface area contributed by atoms with Crippen LogP contribution in [-0.2, 0) is 0 Å². The first-order valence-corrected chi connectivity index (χ1v) is 4.17. The second-order valence-electron chi connectivity index (χ2n) is 2.26. The minimum atomic E-state index is -1.16. The van der Waals surface area contributed by atoms with Crippen molar-refractivity contribution in [1.29, 1.82) is 0 Å². The van der Waals surface area contributed by atoms with Crippen molar-refractivity contribution >= 4 is 21.9 Å². The number of carboxylic acids is 1. The lowest BCUT2D eigenvalue weighted by Gasteiger charge is -2.04. The molecule has 13 heavy (non-hydrogen) atoms. The molecule has 1 aromatic rings. The molecule has 0 aliphatic rings. The molecule has 0 radical (unpaired) electrons. The van der Waals surface area contributed by atoms with Crippen molar-refractivity contribution in [2.45, 2.75) is 6.92 Å². The largest absolute Gasteiger partial charge is 0.479 e. The molecule has 0 bridgehead atoms. The van der Waals surface area contributed by atoms with Gasteiger partial charge in [0.15, 0.2) is 0 Å². The molecule has 0 aromatic carbocycles. The molecule has 0 fully saturated rings. The summed E-state index contributed by atoms with van der Waals surface area (Å²) < 4.78 is 5.18. The highest BCUT2D eigenvalue weighted by Crippen LogP contribution is 2.18. The Kier molecular flexibility index (Phi) is 2.82. The lowest BCUT2D eigenvalue weighted by molar-refractivity contribution is 0.0685. The Morgan fingerprint density at radius 1 is 1.54 bits per heavy atom. The van der Waals surface area contributed by atoms with Crippen molar-refractivity contribution in [3.8, 4) is 5.88 Å². The zero-order valence-corrected chi connectivity index (χ0v) is 8.62. The predicted octanol–water partition coefficient (Wildman–Crippen LogP) is 1.25. The molecule has 5 nitrogen and oxygen atoms in total. The van der Waals surface area contributed by atoms with Crippen LogP contribution in [-0.4, -0.2) is 28.2 Å². The first-order chi connectivity index (χ1) is 6.06. The van der Waals surface area contributed by atoms with E-state index < -0.39 is 5.97 Å². The van der Waals surface area contributed by atoms with Gasteiger partial charge in [-0.25, -0.2) is 14.8 Å². The van der Waals surface area contributed by atoms with Crippen molar-refractivity contribution < 1.29 is 14.6 Å². The van der Waals surface area contributed by atoms with E-state index in [4.69, 9.17) is 9.84 Å². The molecule has 0 spiro atoms. The third-order valence-corrected chi connectivity index (χ3v) is 2.13. The van der Waals surface area contributed by atoms with Crippen molar-refractivity contribution in [3.05, 3.63) is 16.0 Å². The van der Waals surface area contributed by atoms with E-state index in [9.17, 15) is 4.79 Å². The van der Waals surface area contributed by atoms with E-state index in [0.717, 1.165) is 0 Å². The minimum absolute atomic E-state index is 0.0215. The van der Waals surface area contributed by atoms with E-state index in [2.05, 4.69) is 25.9 Å². The van der Waals surface area contributed by atoms with Gasteiger partial charge in [0.1, 0.15) is 4.60 Å². The Morgan fingerprint density at radius 2 is 2.15 bits per heavy atom. The van der Waals surface area contributed by atoms with E-state index >= 15 is 0 Å². The zero-order chi connectivity index (χ0) is 10.0. The molecule has 0 unspecified atom stereocenters. The summed E-state index contributed by atoms with van der Waals surface area (Å²) in [7, 11) is 1.35. The molecule has 1 aromatic heterocycles. The number of nitrogens with zero attached hydrogens (tertiary/aromatic N) is 2. The molecular formula is C7H7BrN2O3. The van der Waals surface area contributed by atoms with Gasteiger partial charge in [0, 0.05) is 0 Å². The van der Waals surface area contributed by atoms with Crippen LogP contribution in [0.2, 0.25) is 0 Å². The molecule has 1 heterocycles. The molecule has 0 saturated heterocycles. The molecule has 70 valence electrons. The van der Waals surface area contributed by atoms with Crippen LogP contribution in [0, 0.1) is 6.92 Å². The number of carboxylic acid groups (broad SMARTS) is 1. The van der Waals surface area contributed by atoms with Crippen LogP contribution in [0.1, 0.15) is 16.2 Å². The maximum atomic E-state index is 10.6. The predicted molar refractivity (Wildman–Crippen MR) is 48.0 cm³/mol. The Labute approximate surface area is 82.9 Å². The van der Waals surface area contributed by atoms with Crippen molar-refractivity contribution in [2.24, 2.45) is 0 Å². The molecule has 0 atom stereocenters. The van der Waals surface area contributed by atoms with E-state index in [1.54, 1.807) is 6.92 Å². The van der Waals surface area contributed by atoms with Gasteiger partial charge in [-0.1, -0.05) is 0 Å². The minimum Gasteiger partial charge on any atom is -0.479 e. The molecule has 1 rings (SSSR count). The summed E-state index contributed by atoms with van der Waals surface area (Å²) in [5, 5.41) is 8.71. The lowest BCUT2D eigenvalue weighted by atomic mass is 10.4. The van der Waals surface area contributed by atoms with Crippen LogP contribution >= 0.6 is 15.9 Å². The Bertz CT molecular complexity index is 354. The van der Waals surface area contributed by atoms with E-state index in [1.807, 2.05) is 0 Å². The first-order valence-electron chi connectivity index (χ1n) is 3.37. The van der Waals surface area contributed by atoms with E-state index in [-0.39, 0.29) is 11.6 Å². The smallest absolute Gasteiger partial charge is 0.360 e. The van der Waals surface area contributed by atoms with Gasteiger partial charge in [0.25, 0.3) is 0 Å². The average Bonchev–Trinajstić information content (AvgIpc) is 2.08. The standard InChI is InChI=1S/C7H7BrN2O3/c1-3-5(8)10-4(7(11)12)6(9-3)13-2/h1-2H3,(H,11,12). The number of methoxy groups -OCH3 is 1. The number of carbonyl (C=O) groups is 1. The van der Waals surface area contributed by atoms with Gasteiger partial charge in [-0.05, 0) is 22.9 Å². The summed E-state index contributed by atoms with van der Waals surface area (Å²) >= 11 is 3.09. The van der Waals surface area contributed by atoms with Crippen LogP contribution in [0.5, 0.6) is 5.88 Å². The summed E-state index contributed by atoms with van der Waals surface area (Å²) in [6.07, 6.45) is 0. The van der Waals surface area contributed by atoms with Crippen molar-refractivity contribution in [3.63, 3.8) is 0 Å². The summed E-state index contributed by atoms with van der Waals surface area (Å²) in [4.78, 5) is 18.3. The number of hydrogen-bond donors (Lipinski definition) is 1. The maximum Gasteiger partial charge on any atom is 0.360 e. The highest BCUT2D eigenvalue weighted by atomic mass is 79.9. The molecular weight excluding hydrogens is 240 g/mol. The second-order valence-corrected chi connectivity index (χ2v) is 3.01. The molecule has 0 aliphatic heterocycles. The van der Waals surface area contributed by atoms with Crippen LogP contribution < -0.4 is 4.74 Å². The molecule has 1 N–H and O–H groups in total. The van der Waals surface area contributed by atoms with Gasteiger partial charge in [-0.2, -0.15) is 0 Å². The number of ether oxygens (including phenoxy) is 1. The summed E-state index contributed by atoms with van der Waals surface area (Å²) in [5.74, 6) is -1.14. The van der Waals surface area contributed by atoms with Crippen molar-refractivity contribution in [2.75, 3.05) is 7.11 Å². The molecule has 0 saturated carbocycles. The van der Waals surface area contributed by atoms with Gasteiger partial charge in [-0.3, -0.25) is 0 Å². The highest BCUT2D eigenvalue weighted by Gasteiger charge is 2.16. The first kappa shape index (κ1) is 9.91. The molecule has 6 heteroatoms. The molecule has 0 amide bonds. The van der Waals surface area contributed by atoms with Gasteiger partial charge in [0.05, 0.1) is 12.8 Å². The van der Waals surface area contributed by atoms with Gasteiger partial charge >= 0.3 is 5.97 Å². The fourth-order valence-electron chi connectivity index (χ4n) is 0.760. The number of aromatic carboxylic acids is 1. The lowest BCUT2D eigenvalue weighted by Crippen LogP contribution is -2.07. The normalized spacial score (nSPS) is 9.77. The second kappa shape index (κ2) is 3.69. The van der Waals surface area contributed by atoms with Gasteiger partial charge in [0.2, 0.25) is 11.6 Å². The quantitative estimate of drug-likeness (QED) is 0.851. The fourth-order valence-corrected chi connectivity index (χ4v) is 1.03. The number of aryl methyl sites for hydroxylation is 1. The number of rotatable bonds is 2. The monoisotopic (exact) mass is 246 g/mol. The molecule has 0 aliphatic carbocycles. The third-order valence-electron chi connectivity index (χ3n) is 1.38. The highest BCUT2D eigenvalue weighted by molar-refractivity contribution is 9.10. The number of hydrogen-bond acceptors (Lipinski definition) is 4. The number of aromatic nitrogens is 2. The Balaban J connectivity index is 3.33. The maximum absolute atomic E-state index is 10.6. The third kappa shape index (κ3) is 1.95. The summed E-state index contributed by atoms with van der Waals surface area (Å²) in [6.45, 7) is 1.70. The van der Waals surface area contributed by atoms with E-state index in [0.29, 0.717) is 10.3 Å². The summed E-state index contributed by atoms with van der Waals surface area (Å²) in [6, 6.07) is 0. The van der Waals surface area contributed by atoms with Gasteiger partial charge in [-0.15, -0.1) is 0 Å². The number of halogens is 1. The van der Waals surface area contributed by atoms with Gasteiger partial charge < -0.3 is 9.84 Å². The summed E-state index contributed by atoms with van der Waals surface area (Å²) in [5.41, 5.74) is 0.391. The van der Waals surface area contributed by atoms with Crippen LogP contribution in [0.4, 0.5) is 0 Å². The van der Waals surface area contributed by atoms with Crippen molar-refractivity contribution in [1.82, 2.24) is 9.97 Å². The average molecular weight is 247 g/mol. The van der Waals surface area contributed by atoms with E-state index in [1.165, 1.54) is 7.11 Å². The zero-order valence-electron chi connectivity index (χ0n) is 7.04. The van der Waals surface area contributed by atoms with Crippen LogP contribution in [0.3, 0.4) is 0 Å².